The van der Waals surface area contributed by atoms with E-state index in [0.717, 1.165) is 11.1 Å². The van der Waals surface area contributed by atoms with Gasteiger partial charge in [0.2, 0.25) is 0 Å². The molecule has 0 atom stereocenters. The van der Waals surface area contributed by atoms with Crippen LogP contribution in [-0.4, -0.2) is 22.1 Å². The zero-order chi connectivity index (χ0) is 17.8. The quantitative estimate of drug-likeness (QED) is 0.769. The molecule has 0 spiro atoms. The summed E-state index contributed by atoms with van der Waals surface area (Å²) in [5.41, 5.74) is 2.28. The van der Waals surface area contributed by atoms with Gasteiger partial charge in [0.1, 0.15) is 5.56 Å². The first-order valence-electron chi connectivity index (χ1n) is 8.12. The van der Waals surface area contributed by atoms with E-state index in [4.69, 9.17) is 0 Å². The lowest BCUT2D eigenvalue weighted by Crippen LogP contribution is -2.35. The van der Waals surface area contributed by atoms with Gasteiger partial charge in [0.25, 0.3) is 11.5 Å². The van der Waals surface area contributed by atoms with Crippen LogP contribution in [0.1, 0.15) is 24.2 Å². The number of carbonyl (C=O) groups is 1. The molecule has 3 aromatic rings. The molecule has 5 heteroatoms. The molecule has 2 aromatic carbocycles. The van der Waals surface area contributed by atoms with Crippen LogP contribution in [-0.2, 0) is 0 Å². The molecule has 1 heterocycles. The molecule has 5 nitrogen and oxygen atoms in total. The molecule has 2 N–H and O–H groups in total. The van der Waals surface area contributed by atoms with Gasteiger partial charge in [-0.15, -0.1) is 0 Å². The van der Waals surface area contributed by atoms with Crippen molar-refractivity contribution in [3.05, 3.63) is 76.6 Å². The standard InChI is InChI=1S/C20H19N3O2/c1-13(2)21-19(24)17-16(14-9-5-3-6-10-14)18(22-23-20(17)25)15-11-7-4-8-12-15/h3-13H,1-2H3,(H,21,24)(H,23,25). The van der Waals surface area contributed by atoms with E-state index in [2.05, 4.69) is 15.5 Å². The smallest absolute Gasteiger partial charge is 0.277 e. The lowest BCUT2D eigenvalue weighted by Gasteiger charge is -2.15. The van der Waals surface area contributed by atoms with Gasteiger partial charge in [-0.2, -0.15) is 5.10 Å². The maximum absolute atomic E-state index is 12.7. The molecule has 0 aliphatic rings. The highest BCUT2D eigenvalue weighted by molar-refractivity contribution is 6.03. The number of benzene rings is 2. The van der Waals surface area contributed by atoms with E-state index in [1.807, 2.05) is 74.5 Å². The van der Waals surface area contributed by atoms with E-state index in [9.17, 15) is 9.59 Å². The maximum atomic E-state index is 12.7. The van der Waals surface area contributed by atoms with Gasteiger partial charge in [-0.05, 0) is 19.4 Å². The van der Waals surface area contributed by atoms with Crippen molar-refractivity contribution < 1.29 is 4.79 Å². The molecule has 126 valence electrons. The van der Waals surface area contributed by atoms with Crippen LogP contribution in [0.5, 0.6) is 0 Å². The van der Waals surface area contributed by atoms with Crippen LogP contribution < -0.4 is 10.9 Å². The Bertz CT molecular complexity index is 932. The fourth-order valence-corrected chi connectivity index (χ4v) is 2.69. The first-order chi connectivity index (χ1) is 12.1. The van der Waals surface area contributed by atoms with Crippen LogP contribution in [0.15, 0.2) is 65.5 Å². The average molecular weight is 333 g/mol. The zero-order valence-electron chi connectivity index (χ0n) is 14.1. The van der Waals surface area contributed by atoms with Crippen molar-refractivity contribution in [2.45, 2.75) is 19.9 Å². The molecule has 0 radical (unpaired) electrons. The Kier molecular flexibility index (Phi) is 4.75. The second-order valence-electron chi connectivity index (χ2n) is 6.01. The average Bonchev–Trinajstić information content (AvgIpc) is 2.62. The third-order valence-electron chi connectivity index (χ3n) is 3.74. The Morgan fingerprint density at radius 2 is 1.52 bits per heavy atom. The molecule has 1 amide bonds. The maximum Gasteiger partial charge on any atom is 0.277 e. The summed E-state index contributed by atoms with van der Waals surface area (Å²) >= 11 is 0. The zero-order valence-corrected chi connectivity index (χ0v) is 14.1. The molecule has 25 heavy (non-hydrogen) atoms. The molecule has 0 saturated carbocycles. The Balaban J connectivity index is 2.31. The van der Waals surface area contributed by atoms with Gasteiger partial charge in [0.05, 0.1) is 5.69 Å². The molecule has 1 aromatic heterocycles. The first-order valence-corrected chi connectivity index (χ1v) is 8.12. The number of nitrogens with zero attached hydrogens (tertiary/aromatic N) is 1. The van der Waals surface area contributed by atoms with Gasteiger partial charge in [-0.25, -0.2) is 5.10 Å². The van der Waals surface area contributed by atoms with Gasteiger partial charge >= 0.3 is 0 Å². The third-order valence-corrected chi connectivity index (χ3v) is 3.74. The fourth-order valence-electron chi connectivity index (χ4n) is 2.69. The van der Waals surface area contributed by atoms with Gasteiger partial charge in [0.15, 0.2) is 0 Å². The molecular formula is C20H19N3O2. The summed E-state index contributed by atoms with van der Waals surface area (Å²) in [6.45, 7) is 3.71. The second kappa shape index (κ2) is 7.13. The van der Waals surface area contributed by atoms with Crippen molar-refractivity contribution in [1.82, 2.24) is 15.5 Å². The predicted octanol–water partition coefficient (Wildman–Crippen LogP) is 3.24. The van der Waals surface area contributed by atoms with Gasteiger partial charge in [-0.3, -0.25) is 9.59 Å². The lowest BCUT2D eigenvalue weighted by atomic mass is 9.95. The summed E-state index contributed by atoms with van der Waals surface area (Å²) < 4.78 is 0. The predicted molar refractivity (Wildman–Crippen MR) is 98.3 cm³/mol. The summed E-state index contributed by atoms with van der Waals surface area (Å²) in [5, 5.41) is 9.50. The van der Waals surface area contributed by atoms with Crippen LogP contribution in [0.25, 0.3) is 22.4 Å². The van der Waals surface area contributed by atoms with E-state index < -0.39 is 11.5 Å². The third kappa shape index (κ3) is 3.50. The lowest BCUT2D eigenvalue weighted by molar-refractivity contribution is 0.0942. The highest BCUT2D eigenvalue weighted by Crippen LogP contribution is 2.31. The topological polar surface area (TPSA) is 74.8 Å². The Morgan fingerprint density at radius 1 is 0.960 bits per heavy atom. The number of aromatic nitrogens is 2. The van der Waals surface area contributed by atoms with Gasteiger partial charge < -0.3 is 5.32 Å². The van der Waals surface area contributed by atoms with Crippen molar-refractivity contribution in [2.24, 2.45) is 0 Å². The summed E-state index contributed by atoms with van der Waals surface area (Å²) in [4.78, 5) is 25.1. The first kappa shape index (κ1) is 16.6. The molecule has 0 bridgehead atoms. The van der Waals surface area contributed by atoms with Crippen LogP contribution in [0.4, 0.5) is 0 Å². The van der Waals surface area contributed by atoms with Crippen LogP contribution in [0.3, 0.4) is 0 Å². The number of nitrogens with one attached hydrogen (secondary N) is 2. The number of rotatable bonds is 4. The number of amides is 1. The molecule has 0 unspecified atom stereocenters. The monoisotopic (exact) mass is 333 g/mol. The van der Waals surface area contributed by atoms with E-state index in [0.29, 0.717) is 11.3 Å². The molecule has 0 saturated heterocycles. The minimum atomic E-state index is -0.503. The summed E-state index contributed by atoms with van der Waals surface area (Å²) in [5.74, 6) is -0.408. The second-order valence-corrected chi connectivity index (χ2v) is 6.01. The summed E-state index contributed by atoms with van der Waals surface area (Å²) in [6, 6.07) is 18.8. The number of hydrogen-bond donors (Lipinski definition) is 2. The summed E-state index contributed by atoms with van der Waals surface area (Å²) in [6.07, 6.45) is 0. The van der Waals surface area contributed by atoms with Crippen LogP contribution in [0, 0.1) is 0 Å². The van der Waals surface area contributed by atoms with Crippen molar-refractivity contribution >= 4 is 5.91 Å². The van der Waals surface area contributed by atoms with Crippen molar-refractivity contribution in [3.63, 3.8) is 0 Å². The fraction of sp³-hybridized carbons (Fsp3) is 0.150. The summed E-state index contributed by atoms with van der Waals surface area (Å²) in [7, 11) is 0. The van der Waals surface area contributed by atoms with E-state index in [-0.39, 0.29) is 11.6 Å². The minimum Gasteiger partial charge on any atom is -0.350 e. The number of aromatic amines is 1. The Hall–Kier alpha value is -3.21. The van der Waals surface area contributed by atoms with E-state index in [1.54, 1.807) is 0 Å². The molecule has 3 rings (SSSR count). The van der Waals surface area contributed by atoms with Crippen molar-refractivity contribution in [3.8, 4) is 22.4 Å². The minimum absolute atomic E-state index is 0.0775. The molecular weight excluding hydrogens is 314 g/mol. The highest BCUT2D eigenvalue weighted by atomic mass is 16.2. The Labute approximate surface area is 145 Å². The van der Waals surface area contributed by atoms with E-state index >= 15 is 0 Å². The van der Waals surface area contributed by atoms with Gasteiger partial charge in [-0.1, -0.05) is 60.7 Å². The Morgan fingerprint density at radius 3 is 2.08 bits per heavy atom. The van der Waals surface area contributed by atoms with Gasteiger partial charge in [0, 0.05) is 17.2 Å². The molecule has 0 aliphatic heterocycles. The highest BCUT2D eigenvalue weighted by Gasteiger charge is 2.23. The largest absolute Gasteiger partial charge is 0.350 e. The van der Waals surface area contributed by atoms with E-state index in [1.165, 1.54) is 0 Å². The number of hydrogen-bond acceptors (Lipinski definition) is 3. The normalized spacial score (nSPS) is 10.7. The van der Waals surface area contributed by atoms with Crippen molar-refractivity contribution in [2.75, 3.05) is 0 Å². The van der Waals surface area contributed by atoms with Crippen LogP contribution in [0.2, 0.25) is 0 Å². The number of H-pyrrole nitrogens is 1. The SMILES string of the molecule is CC(C)NC(=O)c1c(-c2ccccc2)c(-c2ccccc2)n[nH]c1=O. The van der Waals surface area contributed by atoms with Crippen LogP contribution >= 0.6 is 0 Å². The molecule has 0 aliphatic carbocycles. The number of carbonyl (C=O) groups excluding carboxylic acids is 1. The van der Waals surface area contributed by atoms with Crippen molar-refractivity contribution in [1.29, 1.82) is 0 Å². The molecule has 0 fully saturated rings.